The summed E-state index contributed by atoms with van der Waals surface area (Å²) in [6, 6.07) is 2.69. The lowest BCUT2D eigenvalue weighted by Crippen LogP contribution is -2.05. The second-order valence-electron chi connectivity index (χ2n) is 4.20. The number of pyridine rings is 1. The molecule has 0 saturated carbocycles. The average molecular weight is 239 g/mol. The van der Waals surface area contributed by atoms with Gasteiger partial charge in [-0.3, -0.25) is 10.1 Å². The number of anilines is 1. The fourth-order valence-corrected chi connectivity index (χ4v) is 1.35. The van der Waals surface area contributed by atoms with Gasteiger partial charge >= 0.3 is 5.69 Å². The number of nitrogens with two attached hydrogens (primary N) is 1. The zero-order valence-electron chi connectivity index (χ0n) is 10.0. The van der Waals surface area contributed by atoms with E-state index in [4.69, 9.17) is 10.5 Å². The van der Waals surface area contributed by atoms with Crippen molar-refractivity contribution in [1.82, 2.24) is 4.98 Å². The van der Waals surface area contributed by atoms with Crippen molar-refractivity contribution in [1.29, 1.82) is 0 Å². The van der Waals surface area contributed by atoms with Crippen molar-refractivity contribution in [3.63, 3.8) is 0 Å². The predicted molar refractivity (Wildman–Crippen MR) is 64.9 cm³/mol. The molecule has 17 heavy (non-hydrogen) atoms. The molecule has 6 nitrogen and oxygen atoms in total. The molecule has 0 radical (unpaired) electrons. The molecule has 94 valence electrons. The first-order valence-electron chi connectivity index (χ1n) is 5.54. The standard InChI is InChI=1S/C11H17N3O3/c1-8(2)4-3-7-17-11-9(14(15)16)5-6-10(12)13-11/h5-6,8H,3-4,7H2,1-2H3,(H2,12,13). The van der Waals surface area contributed by atoms with Crippen LogP contribution in [0.5, 0.6) is 5.88 Å². The summed E-state index contributed by atoms with van der Waals surface area (Å²) < 4.78 is 5.30. The van der Waals surface area contributed by atoms with Crippen LogP contribution in [0.2, 0.25) is 0 Å². The second kappa shape index (κ2) is 6.03. The number of hydrogen-bond donors (Lipinski definition) is 1. The molecule has 0 aliphatic carbocycles. The van der Waals surface area contributed by atoms with Gasteiger partial charge in [0.2, 0.25) is 0 Å². The zero-order valence-corrected chi connectivity index (χ0v) is 10.0. The number of ether oxygens (including phenoxy) is 1. The zero-order chi connectivity index (χ0) is 12.8. The third-order valence-electron chi connectivity index (χ3n) is 2.22. The van der Waals surface area contributed by atoms with Crippen LogP contribution in [0, 0.1) is 16.0 Å². The van der Waals surface area contributed by atoms with E-state index in [-0.39, 0.29) is 17.4 Å². The van der Waals surface area contributed by atoms with Crippen molar-refractivity contribution in [3.05, 3.63) is 22.2 Å². The maximum absolute atomic E-state index is 10.7. The van der Waals surface area contributed by atoms with Gasteiger partial charge in [0, 0.05) is 6.07 Å². The smallest absolute Gasteiger partial charge is 0.331 e. The minimum absolute atomic E-state index is 0.00115. The van der Waals surface area contributed by atoms with Gasteiger partial charge in [0.15, 0.2) is 0 Å². The predicted octanol–water partition coefficient (Wildman–Crippen LogP) is 2.39. The molecule has 0 bridgehead atoms. The van der Waals surface area contributed by atoms with Crippen LogP contribution in [-0.2, 0) is 0 Å². The van der Waals surface area contributed by atoms with E-state index in [1.807, 2.05) is 0 Å². The van der Waals surface area contributed by atoms with Crippen molar-refractivity contribution in [2.24, 2.45) is 5.92 Å². The Hall–Kier alpha value is -1.85. The van der Waals surface area contributed by atoms with E-state index >= 15 is 0 Å². The van der Waals surface area contributed by atoms with Crippen LogP contribution in [0.25, 0.3) is 0 Å². The van der Waals surface area contributed by atoms with Crippen molar-refractivity contribution < 1.29 is 9.66 Å². The van der Waals surface area contributed by atoms with Crippen LogP contribution < -0.4 is 10.5 Å². The summed E-state index contributed by atoms with van der Waals surface area (Å²) in [5.41, 5.74) is 5.32. The Morgan fingerprint density at radius 1 is 1.53 bits per heavy atom. The molecule has 0 unspecified atom stereocenters. The molecule has 0 aromatic carbocycles. The topological polar surface area (TPSA) is 91.3 Å². The van der Waals surface area contributed by atoms with Crippen molar-refractivity contribution in [3.8, 4) is 5.88 Å². The monoisotopic (exact) mass is 239 g/mol. The molecule has 1 heterocycles. The van der Waals surface area contributed by atoms with E-state index in [0.717, 1.165) is 12.8 Å². The molecule has 6 heteroatoms. The second-order valence-corrected chi connectivity index (χ2v) is 4.20. The normalized spacial score (nSPS) is 10.5. The summed E-state index contributed by atoms with van der Waals surface area (Å²) in [5.74, 6) is 0.801. The van der Waals surface area contributed by atoms with E-state index in [9.17, 15) is 10.1 Å². The fourth-order valence-electron chi connectivity index (χ4n) is 1.35. The summed E-state index contributed by atoms with van der Waals surface area (Å²) in [5, 5.41) is 10.7. The van der Waals surface area contributed by atoms with Gasteiger partial charge in [0.1, 0.15) is 5.82 Å². The van der Waals surface area contributed by atoms with Gasteiger partial charge < -0.3 is 10.5 Å². The van der Waals surface area contributed by atoms with Crippen molar-refractivity contribution >= 4 is 11.5 Å². The lowest BCUT2D eigenvalue weighted by atomic mass is 10.1. The molecule has 0 atom stereocenters. The number of nitrogen functional groups attached to an aromatic ring is 1. The van der Waals surface area contributed by atoms with Crippen LogP contribution in [0.3, 0.4) is 0 Å². The van der Waals surface area contributed by atoms with Crippen molar-refractivity contribution in [2.45, 2.75) is 26.7 Å². The molecule has 0 aliphatic rings. The highest BCUT2D eigenvalue weighted by atomic mass is 16.6. The molecular weight excluding hydrogens is 222 g/mol. The Bertz CT molecular complexity index is 394. The minimum atomic E-state index is -0.524. The molecule has 0 amide bonds. The van der Waals surface area contributed by atoms with Gasteiger partial charge in [-0.2, -0.15) is 4.98 Å². The summed E-state index contributed by atoms with van der Waals surface area (Å²) in [6.45, 7) is 4.64. The number of nitrogens with zero attached hydrogens (tertiary/aromatic N) is 2. The summed E-state index contributed by atoms with van der Waals surface area (Å²) >= 11 is 0. The SMILES string of the molecule is CC(C)CCCOc1nc(N)ccc1[N+](=O)[O-]. The van der Waals surface area contributed by atoms with Crippen LogP contribution in [0.1, 0.15) is 26.7 Å². The largest absolute Gasteiger partial charge is 0.473 e. The molecule has 1 aromatic rings. The third-order valence-corrected chi connectivity index (χ3v) is 2.22. The highest BCUT2D eigenvalue weighted by Gasteiger charge is 2.16. The quantitative estimate of drug-likeness (QED) is 0.467. The minimum Gasteiger partial charge on any atom is -0.473 e. The highest BCUT2D eigenvalue weighted by molar-refractivity contribution is 5.46. The maximum Gasteiger partial charge on any atom is 0.331 e. The van der Waals surface area contributed by atoms with E-state index in [2.05, 4.69) is 18.8 Å². The van der Waals surface area contributed by atoms with E-state index in [0.29, 0.717) is 12.5 Å². The summed E-state index contributed by atoms with van der Waals surface area (Å²) in [4.78, 5) is 14.0. The van der Waals surface area contributed by atoms with Crippen LogP contribution in [-0.4, -0.2) is 16.5 Å². The van der Waals surface area contributed by atoms with Gasteiger partial charge in [-0.05, 0) is 24.8 Å². The van der Waals surface area contributed by atoms with E-state index in [1.54, 1.807) is 0 Å². The molecule has 0 aliphatic heterocycles. The number of rotatable bonds is 6. The molecule has 1 aromatic heterocycles. The molecular formula is C11H17N3O3. The molecule has 0 spiro atoms. The maximum atomic E-state index is 10.7. The van der Waals surface area contributed by atoms with Gasteiger partial charge in [-0.15, -0.1) is 0 Å². The number of nitro groups is 1. The van der Waals surface area contributed by atoms with Crippen LogP contribution >= 0.6 is 0 Å². The van der Waals surface area contributed by atoms with Crippen LogP contribution in [0.4, 0.5) is 11.5 Å². The first-order chi connectivity index (χ1) is 8.00. The Morgan fingerprint density at radius 2 is 2.24 bits per heavy atom. The number of aromatic nitrogens is 1. The molecule has 0 saturated heterocycles. The van der Waals surface area contributed by atoms with Crippen LogP contribution in [0.15, 0.2) is 12.1 Å². The molecule has 1 rings (SSSR count). The summed E-state index contributed by atoms with van der Waals surface area (Å²) in [7, 11) is 0. The first kappa shape index (κ1) is 13.2. The first-order valence-corrected chi connectivity index (χ1v) is 5.54. The summed E-state index contributed by atoms with van der Waals surface area (Å²) in [6.07, 6.45) is 1.85. The molecule has 0 fully saturated rings. The Labute approximate surface area is 99.9 Å². The van der Waals surface area contributed by atoms with Gasteiger partial charge in [-0.25, -0.2) is 0 Å². The van der Waals surface area contributed by atoms with E-state index in [1.165, 1.54) is 12.1 Å². The fraction of sp³-hybridized carbons (Fsp3) is 0.545. The lowest BCUT2D eigenvalue weighted by molar-refractivity contribution is -0.386. The molecule has 2 N–H and O–H groups in total. The average Bonchev–Trinajstić information content (AvgIpc) is 2.23. The third kappa shape index (κ3) is 4.26. The van der Waals surface area contributed by atoms with Gasteiger partial charge in [0.05, 0.1) is 11.5 Å². The Balaban J connectivity index is 2.62. The Kier molecular flexibility index (Phi) is 4.68. The van der Waals surface area contributed by atoms with Crippen molar-refractivity contribution in [2.75, 3.05) is 12.3 Å². The van der Waals surface area contributed by atoms with Gasteiger partial charge in [-0.1, -0.05) is 13.8 Å². The highest BCUT2D eigenvalue weighted by Crippen LogP contribution is 2.25. The number of hydrogen-bond acceptors (Lipinski definition) is 5. The van der Waals surface area contributed by atoms with Gasteiger partial charge in [0.25, 0.3) is 5.88 Å². The van der Waals surface area contributed by atoms with E-state index < -0.39 is 4.92 Å². The lowest BCUT2D eigenvalue weighted by Gasteiger charge is -2.07. The Morgan fingerprint density at radius 3 is 2.82 bits per heavy atom.